The van der Waals surface area contributed by atoms with Crippen LogP contribution in [-0.2, 0) is 0 Å². The summed E-state index contributed by atoms with van der Waals surface area (Å²) >= 11 is 0. The number of rotatable bonds is 5. The Morgan fingerprint density at radius 1 is 1.35 bits per heavy atom. The quantitative estimate of drug-likeness (QED) is 0.774. The van der Waals surface area contributed by atoms with Crippen LogP contribution < -0.4 is 10.2 Å². The minimum absolute atomic E-state index is 0.119. The predicted octanol–water partition coefficient (Wildman–Crippen LogP) is 2.41. The lowest BCUT2D eigenvalue weighted by Gasteiger charge is -2.30. The van der Waals surface area contributed by atoms with E-state index in [0.717, 1.165) is 36.9 Å². The van der Waals surface area contributed by atoms with Gasteiger partial charge in [0.05, 0.1) is 5.60 Å². The Morgan fingerprint density at radius 2 is 2.00 bits per heavy atom. The van der Waals surface area contributed by atoms with Crippen LogP contribution in [0, 0.1) is 0 Å². The Morgan fingerprint density at radius 3 is 2.55 bits per heavy atom. The summed E-state index contributed by atoms with van der Waals surface area (Å²) in [5.41, 5.74) is 1.26. The van der Waals surface area contributed by atoms with Crippen LogP contribution in [0.2, 0.25) is 0 Å². The maximum atomic E-state index is 10.5. The van der Waals surface area contributed by atoms with Crippen molar-refractivity contribution in [3.8, 4) is 5.75 Å². The summed E-state index contributed by atoms with van der Waals surface area (Å²) < 4.78 is 0. The van der Waals surface area contributed by atoms with Gasteiger partial charge in [0.15, 0.2) is 0 Å². The number of nitrogens with one attached hydrogen (secondary N) is 1. The standard InChI is InChI=1S/C16H26N2O2/c1-12(17-2)14-7-6-13(10-15(14)19)18(3)11-16(20)8-4-5-9-16/h6-7,10,12,17,19-20H,4-5,8-9,11H2,1-3H3. The highest BCUT2D eigenvalue weighted by Crippen LogP contribution is 2.33. The fourth-order valence-corrected chi connectivity index (χ4v) is 3.02. The summed E-state index contributed by atoms with van der Waals surface area (Å²) in [4.78, 5) is 2.03. The van der Waals surface area contributed by atoms with E-state index in [2.05, 4.69) is 5.32 Å². The van der Waals surface area contributed by atoms with Crippen molar-refractivity contribution in [3.63, 3.8) is 0 Å². The summed E-state index contributed by atoms with van der Waals surface area (Å²) in [6.45, 7) is 2.63. The molecule has 0 aliphatic heterocycles. The smallest absolute Gasteiger partial charge is 0.122 e. The minimum Gasteiger partial charge on any atom is -0.508 e. The van der Waals surface area contributed by atoms with Crippen LogP contribution in [0.4, 0.5) is 5.69 Å². The first-order chi connectivity index (χ1) is 9.45. The first-order valence-corrected chi connectivity index (χ1v) is 7.39. The van der Waals surface area contributed by atoms with Crippen molar-refractivity contribution in [1.29, 1.82) is 0 Å². The molecule has 1 aromatic carbocycles. The van der Waals surface area contributed by atoms with Crippen molar-refractivity contribution >= 4 is 5.69 Å². The lowest BCUT2D eigenvalue weighted by Crippen LogP contribution is -2.39. The van der Waals surface area contributed by atoms with Gasteiger partial charge in [-0.1, -0.05) is 18.9 Å². The van der Waals surface area contributed by atoms with Gasteiger partial charge in [0.2, 0.25) is 0 Å². The molecule has 3 N–H and O–H groups in total. The molecule has 1 atom stereocenters. The van der Waals surface area contributed by atoms with E-state index in [1.807, 2.05) is 38.1 Å². The van der Waals surface area contributed by atoms with Crippen molar-refractivity contribution in [2.75, 3.05) is 25.5 Å². The zero-order valence-electron chi connectivity index (χ0n) is 12.7. The number of likely N-dealkylation sites (N-methyl/N-ethyl adjacent to an activating group) is 1. The molecule has 0 spiro atoms. The molecule has 1 fully saturated rings. The molecule has 112 valence electrons. The molecule has 2 rings (SSSR count). The van der Waals surface area contributed by atoms with Gasteiger partial charge in [0, 0.05) is 37.0 Å². The molecule has 0 aromatic heterocycles. The molecule has 0 radical (unpaired) electrons. The summed E-state index contributed by atoms with van der Waals surface area (Å²) in [5, 5.41) is 23.7. The highest BCUT2D eigenvalue weighted by atomic mass is 16.3. The van der Waals surface area contributed by atoms with Gasteiger partial charge in [-0.15, -0.1) is 0 Å². The Hall–Kier alpha value is -1.26. The van der Waals surface area contributed by atoms with Gasteiger partial charge in [0.25, 0.3) is 0 Å². The Labute approximate surface area is 121 Å². The van der Waals surface area contributed by atoms with Gasteiger partial charge in [-0.2, -0.15) is 0 Å². The van der Waals surface area contributed by atoms with Crippen LogP contribution in [0.15, 0.2) is 18.2 Å². The number of aromatic hydroxyl groups is 1. The average molecular weight is 278 g/mol. The maximum Gasteiger partial charge on any atom is 0.122 e. The normalized spacial score (nSPS) is 19.0. The zero-order chi connectivity index (χ0) is 14.8. The molecule has 0 bridgehead atoms. The van der Waals surface area contributed by atoms with Crippen molar-refractivity contribution in [1.82, 2.24) is 5.32 Å². The van der Waals surface area contributed by atoms with E-state index in [9.17, 15) is 10.2 Å². The molecule has 4 heteroatoms. The molecule has 1 saturated carbocycles. The van der Waals surface area contributed by atoms with E-state index in [-0.39, 0.29) is 6.04 Å². The van der Waals surface area contributed by atoms with Gasteiger partial charge in [-0.05, 0) is 32.9 Å². The van der Waals surface area contributed by atoms with Crippen molar-refractivity contribution in [2.24, 2.45) is 0 Å². The molecular weight excluding hydrogens is 252 g/mol. The zero-order valence-corrected chi connectivity index (χ0v) is 12.7. The van der Waals surface area contributed by atoms with E-state index in [0.29, 0.717) is 12.3 Å². The number of benzene rings is 1. The Kier molecular flexibility index (Phi) is 4.55. The molecule has 1 aromatic rings. The van der Waals surface area contributed by atoms with Crippen molar-refractivity contribution in [3.05, 3.63) is 23.8 Å². The van der Waals surface area contributed by atoms with Gasteiger partial charge < -0.3 is 20.4 Å². The molecule has 0 saturated heterocycles. The van der Waals surface area contributed by atoms with E-state index in [1.54, 1.807) is 6.07 Å². The van der Waals surface area contributed by atoms with Crippen LogP contribution in [0.3, 0.4) is 0 Å². The molecule has 1 unspecified atom stereocenters. The molecule has 4 nitrogen and oxygen atoms in total. The van der Waals surface area contributed by atoms with E-state index in [4.69, 9.17) is 0 Å². The largest absolute Gasteiger partial charge is 0.508 e. The Balaban J connectivity index is 2.10. The lowest BCUT2D eigenvalue weighted by atomic mass is 10.0. The van der Waals surface area contributed by atoms with Crippen LogP contribution >= 0.6 is 0 Å². The predicted molar refractivity (Wildman–Crippen MR) is 82.3 cm³/mol. The highest BCUT2D eigenvalue weighted by molar-refractivity contribution is 5.53. The van der Waals surface area contributed by atoms with Gasteiger partial charge >= 0.3 is 0 Å². The van der Waals surface area contributed by atoms with E-state index < -0.39 is 5.60 Å². The third-order valence-corrected chi connectivity index (χ3v) is 4.42. The first-order valence-electron chi connectivity index (χ1n) is 7.39. The topological polar surface area (TPSA) is 55.7 Å². The van der Waals surface area contributed by atoms with Crippen molar-refractivity contribution < 1.29 is 10.2 Å². The second-order valence-corrected chi connectivity index (χ2v) is 6.04. The van der Waals surface area contributed by atoms with Crippen molar-refractivity contribution in [2.45, 2.75) is 44.2 Å². The Bertz CT molecular complexity index is 456. The average Bonchev–Trinajstić information content (AvgIpc) is 2.84. The number of nitrogens with zero attached hydrogens (tertiary/aromatic N) is 1. The summed E-state index contributed by atoms with van der Waals surface area (Å²) in [7, 11) is 3.84. The minimum atomic E-state index is -0.568. The molecule has 0 amide bonds. The second kappa shape index (κ2) is 6.02. The second-order valence-electron chi connectivity index (χ2n) is 6.04. The molecular formula is C16H26N2O2. The number of hydrogen-bond donors (Lipinski definition) is 3. The van der Waals surface area contributed by atoms with E-state index >= 15 is 0 Å². The third-order valence-electron chi connectivity index (χ3n) is 4.42. The molecule has 1 aliphatic rings. The number of phenolic OH excluding ortho intramolecular Hbond substituents is 1. The fraction of sp³-hybridized carbons (Fsp3) is 0.625. The third kappa shape index (κ3) is 3.25. The number of anilines is 1. The van der Waals surface area contributed by atoms with Crippen LogP contribution in [0.5, 0.6) is 5.75 Å². The first kappa shape index (κ1) is 15.1. The monoisotopic (exact) mass is 278 g/mol. The number of phenols is 1. The summed E-state index contributed by atoms with van der Waals surface area (Å²) in [6.07, 6.45) is 3.96. The summed E-state index contributed by atoms with van der Waals surface area (Å²) in [5.74, 6) is 0.301. The SMILES string of the molecule is CNC(C)c1ccc(N(C)CC2(O)CCCC2)cc1O. The van der Waals surface area contributed by atoms with Gasteiger partial charge in [-0.25, -0.2) is 0 Å². The molecule has 0 heterocycles. The van der Waals surface area contributed by atoms with Crippen LogP contribution in [0.1, 0.15) is 44.2 Å². The fourth-order valence-electron chi connectivity index (χ4n) is 3.02. The summed E-state index contributed by atoms with van der Waals surface area (Å²) in [6, 6.07) is 5.84. The van der Waals surface area contributed by atoms with Gasteiger partial charge in [0.1, 0.15) is 5.75 Å². The van der Waals surface area contributed by atoms with Gasteiger partial charge in [-0.3, -0.25) is 0 Å². The number of aliphatic hydroxyl groups is 1. The number of hydrogen-bond acceptors (Lipinski definition) is 4. The van der Waals surface area contributed by atoms with Crippen LogP contribution in [0.25, 0.3) is 0 Å². The highest BCUT2D eigenvalue weighted by Gasteiger charge is 2.32. The van der Waals surface area contributed by atoms with Crippen LogP contribution in [-0.4, -0.2) is 36.5 Å². The lowest BCUT2D eigenvalue weighted by molar-refractivity contribution is 0.0559. The van der Waals surface area contributed by atoms with E-state index in [1.165, 1.54) is 0 Å². The molecule has 1 aliphatic carbocycles. The maximum absolute atomic E-state index is 10.5. The molecule has 20 heavy (non-hydrogen) atoms.